The number of halogens is 1. The largest absolute Gasteiger partial charge is 0.387 e. The van der Waals surface area contributed by atoms with Gasteiger partial charge >= 0.3 is 0 Å². The number of hydrogen-bond donors (Lipinski definition) is 2. The molecule has 0 saturated carbocycles. The Kier molecular flexibility index (Phi) is 4.76. The van der Waals surface area contributed by atoms with E-state index in [1.165, 1.54) is 0 Å². The molecule has 2 rings (SSSR count). The molecular weight excluding hydrogens is 246 g/mol. The van der Waals surface area contributed by atoms with Crippen molar-refractivity contribution >= 4 is 11.6 Å². The summed E-state index contributed by atoms with van der Waals surface area (Å²) in [7, 11) is 0. The molecule has 2 aromatic carbocycles. The smallest absolute Gasteiger partial charge is 0.0914 e. The van der Waals surface area contributed by atoms with Crippen LogP contribution in [0.3, 0.4) is 0 Å². The Hall–Kier alpha value is -1.35. The van der Waals surface area contributed by atoms with E-state index in [4.69, 9.17) is 11.6 Å². The molecule has 0 fully saturated rings. The van der Waals surface area contributed by atoms with Crippen LogP contribution in [0.2, 0.25) is 5.02 Å². The molecule has 2 N–H and O–H groups in total. The van der Waals surface area contributed by atoms with Gasteiger partial charge in [-0.15, -0.1) is 0 Å². The first kappa shape index (κ1) is 13.1. The Morgan fingerprint density at radius 3 is 2.56 bits per heavy atom. The van der Waals surface area contributed by atoms with E-state index in [2.05, 4.69) is 5.32 Å². The number of aliphatic hydroxyl groups is 1. The van der Waals surface area contributed by atoms with E-state index in [9.17, 15) is 5.11 Å². The Bertz CT molecular complexity index is 487. The lowest BCUT2D eigenvalue weighted by atomic mass is 10.1. The maximum Gasteiger partial charge on any atom is 0.0914 e. The second-order valence-corrected chi connectivity index (χ2v) is 4.62. The summed E-state index contributed by atoms with van der Waals surface area (Å²) in [6.07, 6.45) is -0.481. The van der Waals surface area contributed by atoms with Crippen LogP contribution in [0.4, 0.5) is 0 Å². The molecular formula is C15H16ClNO. The molecule has 0 saturated heterocycles. The fraction of sp³-hybridized carbons (Fsp3) is 0.200. The fourth-order valence-electron chi connectivity index (χ4n) is 1.79. The minimum atomic E-state index is -0.481. The van der Waals surface area contributed by atoms with E-state index in [-0.39, 0.29) is 0 Å². The molecule has 0 spiro atoms. The minimum absolute atomic E-state index is 0.481. The highest BCUT2D eigenvalue weighted by Crippen LogP contribution is 2.12. The minimum Gasteiger partial charge on any atom is -0.387 e. The Morgan fingerprint density at radius 2 is 1.83 bits per heavy atom. The van der Waals surface area contributed by atoms with Crippen LogP contribution in [0.15, 0.2) is 54.6 Å². The molecule has 0 heterocycles. The summed E-state index contributed by atoms with van der Waals surface area (Å²) in [5.74, 6) is 0. The average Bonchev–Trinajstić information content (AvgIpc) is 2.40. The zero-order chi connectivity index (χ0) is 12.8. The van der Waals surface area contributed by atoms with Crippen molar-refractivity contribution in [3.8, 4) is 0 Å². The predicted octanol–water partition coefficient (Wildman–Crippen LogP) is 3.16. The third-order valence-corrected chi connectivity index (χ3v) is 2.98. The van der Waals surface area contributed by atoms with Crippen molar-refractivity contribution in [2.45, 2.75) is 12.6 Å². The Labute approximate surface area is 112 Å². The molecule has 2 nitrogen and oxygen atoms in total. The first-order valence-corrected chi connectivity index (χ1v) is 6.31. The Morgan fingerprint density at radius 1 is 1.06 bits per heavy atom. The standard InChI is InChI=1S/C15H16ClNO/c16-14-8-4-5-12(9-14)10-17-11-15(18)13-6-2-1-3-7-13/h1-9,15,17-18H,10-11H2/t15-/m1/s1. The van der Waals surface area contributed by atoms with E-state index in [1.54, 1.807) is 0 Å². The quantitative estimate of drug-likeness (QED) is 0.867. The van der Waals surface area contributed by atoms with Gasteiger partial charge in [0.1, 0.15) is 0 Å². The molecule has 0 radical (unpaired) electrons. The van der Waals surface area contributed by atoms with E-state index >= 15 is 0 Å². The molecule has 94 valence electrons. The summed E-state index contributed by atoms with van der Waals surface area (Å²) in [5, 5.41) is 13.9. The van der Waals surface area contributed by atoms with Crippen LogP contribution in [0, 0.1) is 0 Å². The molecule has 1 atom stereocenters. The summed E-state index contributed by atoms with van der Waals surface area (Å²) in [4.78, 5) is 0. The second kappa shape index (κ2) is 6.55. The molecule has 18 heavy (non-hydrogen) atoms. The highest BCUT2D eigenvalue weighted by atomic mass is 35.5. The van der Waals surface area contributed by atoms with Crippen molar-refractivity contribution in [2.75, 3.05) is 6.54 Å². The highest BCUT2D eigenvalue weighted by Gasteiger charge is 2.05. The van der Waals surface area contributed by atoms with Gasteiger partial charge in [-0.1, -0.05) is 54.1 Å². The molecule has 0 aliphatic carbocycles. The average molecular weight is 262 g/mol. The van der Waals surface area contributed by atoms with Gasteiger partial charge in [-0.25, -0.2) is 0 Å². The van der Waals surface area contributed by atoms with Crippen molar-refractivity contribution in [2.24, 2.45) is 0 Å². The van der Waals surface area contributed by atoms with Gasteiger partial charge in [0.05, 0.1) is 6.10 Å². The van der Waals surface area contributed by atoms with Crippen LogP contribution in [-0.4, -0.2) is 11.7 Å². The van der Waals surface area contributed by atoms with Crippen LogP contribution >= 0.6 is 11.6 Å². The zero-order valence-electron chi connectivity index (χ0n) is 10.0. The summed E-state index contributed by atoms with van der Waals surface area (Å²) in [6, 6.07) is 17.3. The molecule has 0 amide bonds. The predicted molar refractivity (Wildman–Crippen MR) is 74.6 cm³/mol. The first-order valence-electron chi connectivity index (χ1n) is 5.94. The summed E-state index contributed by atoms with van der Waals surface area (Å²) in [6.45, 7) is 1.22. The Balaban J connectivity index is 1.82. The van der Waals surface area contributed by atoms with Crippen molar-refractivity contribution in [1.82, 2.24) is 5.32 Å². The van der Waals surface area contributed by atoms with Gasteiger partial charge < -0.3 is 10.4 Å². The van der Waals surface area contributed by atoms with Crippen LogP contribution in [0.1, 0.15) is 17.2 Å². The van der Waals surface area contributed by atoms with Crippen molar-refractivity contribution in [3.05, 3.63) is 70.7 Å². The molecule has 2 aromatic rings. The van der Waals surface area contributed by atoms with Crippen LogP contribution in [0.25, 0.3) is 0 Å². The lowest BCUT2D eigenvalue weighted by molar-refractivity contribution is 0.174. The maximum atomic E-state index is 9.96. The van der Waals surface area contributed by atoms with E-state index in [1.807, 2.05) is 54.6 Å². The topological polar surface area (TPSA) is 32.3 Å². The summed E-state index contributed by atoms with van der Waals surface area (Å²) >= 11 is 5.91. The molecule has 3 heteroatoms. The number of rotatable bonds is 5. The van der Waals surface area contributed by atoms with Crippen LogP contribution < -0.4 is 5.32 Å². The first-order chi connectivity index (χ1) is 8.75. The monoisotopic (exact) mass is 261 g/mol. The summed E-state index contributed by atoms with van der Waals surface area (Å²) < 4.78 is 0. The number of aliphatic hydroxyl groups excluding tert-OH is 1. The van der Waals surface area contributed by atoms with Crippen molar-refractivity contribution < 1.29 is 5.11 Å². The number of nitrogens with one attached hydrogen (secondary N) is 1. The lowest BCUT2D eigenvalue weighted by Crippen LogP contribution is -2.20. The third-order valence-electron chi connectivity index (χ3n) is 2.74. The zero-order valence-corrected chi connectivity index (χ0v) is 10.8. The molecule has 0 unspecified atom stereocenters. The van der Waals surface area contributed by atoms with Crippen LogP contribution in [0.5, 0.6) is 0 Å². The number of benzene rings is 2. The van der Waals surface area contributed by atoms with Crippen molar-refractivity contribution in [3.63, 3.8) is 0 Å². The van der Waals surface area contributed by atoms with Gasteiger partial charge in [0, 0.05) is 18.1 Å². The number of hydrogen-bond acceptors (Lipinski definition) is 2. The van der Waals surface area contributed by atoms with Gasteiger partial charge in [0.25, 0.3) is 0 Å². The molecule has 0 aliphatic rings. The third kappa shape index (κ3) is 3.84. The van der Waals surface area contributed by atoms with Crippen LogP contribution in [-0.2, 0) is 6.54 Å². The second-order valence-electron chi connectivity index (χ2n) is 4.19. The SMILES string of the molecule is O[C@H](CNCc1cccc(Cl)c1)c1ccccc1. The highest BCUT2D eigenvalue weighted by molar-refractivity contribution is 6.30. The molecule has 0 aromatic heterocycles. The van der Waals surface area contributed by atoms with Gasteiger partial charge in [0.2, 0.25) is 0 Å². The van der Waals surface area contributed by atoms with Gasteiger partial charge in [-0.3, -0.25) is 0 Å². The fourth-order valence-corrected chi connectivity index (χ4v) is 2.01. The lowest BCUT2D eigenvalue weighted by Gasteiger charge is -2.12. The van der Waals surface area contributed by atoms with E-state index in [0.717, 1.165) is 16.1 Å². The van der Waals surface area contributed by atoms with E-state index < -0.39 is 6.10 Å². The van der Waals surface area contributed by atoms with E-state index in [0.29, 0.717) is 13.1 Å². The summed E-state index contributed by atoms with van der Waals surface area (Å²) in [5.41, 5.74) is 2.04. The normalized spacial score (nSPS) is 12.3. The van der Waals surface area contributed by atoms with Crippen molar-refractivity contribution in [1.29, 1.82) is 0 Å². The molecule has 0 bridgehead atoms. The maximum absolute atomic E-state index is 9.96. The molecule has 0 aliphatic heterocycles. The van der Waals surface area contributed by atoms with Gasteiger partial charge in [-0.05, 0) is 23.3 Å². The van der Waals surface area contributed by atoms with Gasteiger partial charge in [-0.2, -0.15) is 0 Å². The van der Waals surface area contributed by atoms with Gasteiger partial charge in [0.15, 0.2) is 0 Å².